The highest BCUT2D eigenvalue weighted by Crippen LogP contribution is 2.15. The quantitative estimate of drug-likeness (QED) is 0.407. The Kier molecular flexibility index (Phi) is 5.07. The second-order valence-corrected chi connectivity index (χ2v) is 3.21. The van der Waals surface area contributed by atoms with Crippen molar-refractivity contribution in [2.75, 3.05) is 11.9 Å². The SMILES string of the molecule is CCOc1ccc(NC(=S)NNC=O)cc1. The summed E-state index contributed by atoms with van der Waals surface area (Å²) in [5.74, 6) is 0.804. The van der Waals surface area contributed by atoms with E-state index >= 15 is 0 Å². The number of hydrazine groups is 1. The summed E-state index contributed by atoms with van der Waals surface area (Å²) in [6.45, 7) is 2.56. The number of amides is 1. The van der Waals surface area contributed by atoms with E-state index < -0.39 is 0 Å². The molecule has 0 saturated carbocycles. The van der Waals surface area contributed by atoms with Crippen LogP contribution in [0.3, 0.4) is 0 Å². The molecule has 1 aromatic rings. The maximum absolute atomic E-state index is 10.0. The minimum atomic E-state index is 0.316. The molecule has 0 fully saturated rings. The molecule has 0 bridgehead atoms. The summed E-state index contributed by atoms with van der Waals surface area (Å²) in [6.07, 6.45) is 0.506. The Balaban J connectivity index is 2.48. The largest absolute Gasteiger partial charge is 0.494 e. The van der Waals surface area contributed by atoms with E-state index in [4.69, 9.17) is 17.0 Å². The molecule has 5 nitrogen and oxygen atoms in total. The van der Waals surface area contributed by atoms with Gasteiger partial charge in [-0.3, -0.25) is 15.6 Å². The van der Waals surface area contributed by atoms with Gasteiger partial charge >= 0.3 is 0 Å². The third-order valence-corrected chi connectivity index (χ3v) is 1.87. The Morgan fingerprint density at radius 3 is 2.69 bits per heavy atom. The topological polar surface area (TPSA) is 62.4 Å². The highest BCUT2D eigenvalue weighted by Gasteiger charge is 1.97. The Morgan fingerprint density at radius 1 is 1.44 bits per heavy atom. The van der Waals surface area contributed by atoms with Crippen LogP contribution in [-0.2, 0) is 4.79 Å². The Bertz CT molecular complexity index is 354. The minimum Gasteiger partial charge on any atom is -0.494 e. The summed E-state index contributed by atoms with van der Waals surface area (Å²) >= 11 is 4.91. The molecule has 0 aromatic heterocycles. The van der Waals surface area contributed by atoms with Crippen LogP contribution in [-0.4, -0.2) is 18.1 Å². The van der Waals surface area contributed by atoms with Gasteiger partial charge in [0.15, 0.2) is 5.11 Å². The molecule has 1 rings (SSSR count). The van der Waals surface area contributed by atoms with Crippen LogP contribution in [0.1, 0.15) is 6.92 Å². The fourth-order valence-electron chi connectivity index (χ4n) is 1.06. The van der Waals surface area contributed by atoms with Gasteiger partial charge in [-0.25, -0.2) is 0 Å². The molecule has 0 aliphatic heterocycles. The van der Waals surface area contributed by atoms with Crippen molar-refractivity contribution in [2.45, 2.75) is 6.92 Å². The summed E-state index contributed by atoms with van der Waals surface area (Å²) in [6, 6.07) is 7.34. The number of nitrogens with one attached hydrogen (secondary N) is 3. The molecule has 0 saturated heterocycles. The predicted octanol–water partition coefficient (Wildman–Crippen LogP) is 1.03. The molecule has 0 aliphatic carbocycles. The van der Waals surface area contributed by atoms with E-state index in [9.17, 15) is 4.79 Å². The zero-order chi connectivity index (χ0) is 11.8. The molecule has 0 unspecified atom stereocenters. The number of carbonyl (C=O) groups is 1. The zero-order valence-electron chi connectivity index (χ0n) is 8.82. The van der Waals surface area contributed by atoms with Gasteiger partial charge in [0, 0.05) is 5.69 Å². The van der Waals surface area contributed by atoms with Crippen molar-refractivity contribution in [2.24, 2.45) is 0 Å². The van der Waals surface area contributed by atoms with Gasteiger partial charge in [0.1, 0.15) is 5.75 Å². The number of thiocarbonyl (C=S) groups is 1. The van der Waals surface area contributed by atoms with E-state index in [1.54, 1.807) is 0 Å². The van der Waals surface area contributed by atoms with E-state index in [0.717, 1.165) is 11.4 Å². The number of anilines is 1. The van der Waals surface area contributed by atoms with E-state index in [-0.39, 0.29) is 0 Å². The third-order valence-electron chi connectivity index (χ3n) is 1.67. The van der Waals surface area contributed by atoms with Gasteiger partial charge in [0.05, 0.1) is 6.61 Å². The van der Waals surface area contributed by atoms with Crippen molar-refractivity contribution in [1.82, 2.24) is 10.9 Å². The van der Waals surface area contributed by atoms with Crippen molar-refractivity contribution >= 4 is 29.4 Å². The van der Waals surface area contributed by atoms with Crippen LogP contribution in [0, 0.1) is 0 Å². The standard InChI is InChI=1S/C10H13N3O2S/c1-2-15-9-5-3-8(4-6-9)12-10(16)13-11-7-14/h3-7H,2H2,1H3,(H,11,14)(H2,12,13,16). The average Bonchev–Trinajstić information content (AvgIpc) is 2.29. The first-order valence-electron chi connectivity index (χ1n) is 4.75. The van der Waals surface area contributed by atoms with Crippen LogP contribution in [0.5, 0.6) is 5.75 Å². The smallest absolute Gasteiger partial charge is 0.225 e. The lowest BCUT2D eigenvalue weighted by molar-refractivity contribution is -0.110. The number of rotatable bonds is 5. The predicted molar refractivity (Wildman–Crippen MR) is 66.2 cm³/mol. The van der Waals surface area contributed by atoms with Crippen LogP contribution in [0.2, 0.25) is 0 Å². The number of hydrogen-bond acceptors (Lipinski definition) is 3. The number of carbonyl (C=O) groups excluding carboxylic acids is 1. The van der Waals surface area contributed by atoms with Crippen molar-refractivity contribution < 1.29 is 9.53 Å². The van der Waals surface area contributed by atoms with Crippen LogP contribution >= 0.6 is 12.2 Å². The number of ether oxygens (including phenoxy) is 1. The fourth-order valence-corrected chi connectivity index (χ4v) is 1.24. The summed E-state index contributed by atoms with van der Waals surface area (Å²) in [4.78, 5) is 10.0. The molecule has 16 heavy (non-hydrogen) atoms. The van der Waals surface area contributed by atoms with Crippen LogP contribution in [0.15, 0.2) is 24.3 Å². The van der Waals surface area contributed by atoms with Gasteiger partial charge in [-0.15, -0.1) is 0 Å². The molecule has 0 spiro atoms. The molecule has 6 heteroatoms. The molecule has 0 radical (unpaired) electrons. The summed E-state index contributed by atoms with van der Waals surface area (Å²) in [5.41, 5.74) is 5.55. The molecule has 86 valence electrons. The van der Waals surface area contributed by atoms with E-state index in [0.29, 0.717) is 18.1 Å². The van der Waals surface area contributed by atoms with Crippen molar-refractivity contribution in [3.05, 3.63) is 24.3 Å². The lowest BCUT2D eigenvalue weighted by Gasteiger charge is -2.09. The van der Waals surface area contributed by atoms with E-state index in [1.807, 2.05) is 31.2 Å². The molecular formula is C10H13N3O2S. The lowest BCUT2D eigenvalue weighted by Crippen LogP contribution is -2.39. The highest BCUT2D eigenvalue weighted by atomic mass is 32.1. The monoisotopic (exact) mass is 239 g/mol. The number of benzene rings is 1. The van der Waals surface area contributed by atoms with Gasteiger partial charge in [0.25, 0.3) is 0 Å². The average molecular weight is 239 g/mol. The Hall–Kier alpha value is -1.82. The fraction of sp³-hybridized carbons (Fsp3) is 0.200. The van der Waals surface area contributed by atoms with Crippen molar-refractivity contribution in [3.63, 3.8) is 0 Å². The molecular weight excluding hydrogens is 226 g/mol. The van der Waals surface area contributed by atoms with Crippen LogP contribution in [0.25, 0.3) is 0 Å². The molecule has 0 heterocycles. The summed E-state index contributed by atoms with van der Waals surface area (Å²) < 4.78 is 5.30. The van der Waals surface area contributed by atoms with E-state index in [2.05, 4.69) is 16.2 Å². The first kappa shape index (κ1) is 12.3. The van der Waals surface area contributed by atoms with Crippen LogP contribution in [0.4, 0.5) is 5.69 Å². The maximum Gasteiger partial charge on any atom is 0.225 e. The van der Waals surface area contributed by atoms with Gasteiger partial charge in [-0.05, 0) is 43.4 Å². The Labute approximate surface area is 99.1 Å². The normalized spacial score (nSPS) is 9.06. The zero-order valence-corrected chi connectivity index (χ0v) is 9.64. The highest BCUT2D eigenvalue weighted by molar-refractivity contribution is 7.80. The first-order valence-corrected chi connectivity index (χ1v) is 5.16. The summed E-state index contributed by atoms with van der Waals surface area (Å²) in [7, 11) is 0. The maximum atomic E-state index is 10.0. The van der Waals surface area contributed by atoms with Crippen LogP contribution < -0.4 is 20.9 Å². The Morgan fingerprint density at radius 2 is 2.12 bits per heavy atom. The number of hydrogen-bond donors (Lipinski definition) is 3. The third kappa shape index (κ3) is 4.14. The molecule has 3 N–H and O–H groups in total. The van der Waals surface area contributed by atoms with Gasteiger partial charge < -0.3 is 10.1 Å². The second-order valence-electron chi connectivity index (χ2n) is 2.80. The minimum absolute atomic E-state index is 0.316. The lowest BCUT2D eigenvalue weighted by atomic mass is 10.3. The van der Waals surface area contributed by atoms with Crippen molar-refractivity contribution in [1.29, 1.82) is 0 Å². The molecule has 0 atom stereocenters. The van der Waals surface area contributed by atoms with Crippen molar-refractivity contribution in [3.8, 4) is 5.75 Å². The summed E-state index contributed by atoms with van der Waals surface area (Å²) in [5, 5.41) is 3.21. The molecule has 1 amide bonds. The first-order chi connectivity index (χ1) is 7.76. The van der Waals surface area contributed by atoms with Gasteiger partial charge in [-0.1, -0.05) is 0 Å². The van der Waals surface area contributed by atoms with E-state index in [1.165, 1.54) is 0 Å². The molecule has 0 aliphatic rings. The molecule has 1 aromatic carbocycles. The van der Waals surface area contributed by atoms with Gasteiger partial charge in [-0.2, -0.15) is 0 Å². The second kappa shape index (κ2) is 6.62. The van der Waals surface area contributed by atoms with Gasteiger partial charge in [0.2, 0.25) is 6.41 Å².